The van der Waals surface area contributed by atoms with E-state index in [0.717, 1.165) is 17.9 Å². The molecule has 1 unspecified atom stereocenters. The largest absolute Gasteiger partial charge is 0.497 e. The van der Waals surface area contributed by atoms with Crippen molar-refractivity contribution in [1.82, 2.24) is 0 Å². The first kappa shape index (κ1) is 10.9. The second kappa shape index (κ2) is 4.89. The quantitative estimate of drug-likeness (QED) is 0.732. The van der Waals surface area contributed by atoms with E-state index in [-0.39, 0.29) is 0 Å². The zero-order valence-corrected chi connectivity index (χ0v) is 9.33. The molecule has 14 heavy (non-hydrogen) atoms. The zero-order chi connectivity index (χ0) is 10.6. The van der Waals surface area contributed by atoms with Crippen LogP contribution in [0.5, 0.6) is 11.5 Å². The molecular weight excluding hydrogens is 176 g/mol. The first-order chi connectivity index (χ1) is 6.72. The fourth-order valence-electron chi connectivity index (χ4n) is 1.45. The first-order valence-corrected chi connectivity index (χ1v) is 4.94. The van der Waals surface area contributed by atoms with Crippen LogP contribution >= 0.6 is 0 Å². The molecule has 0 aliphatic rings. The van der Waals surface area contributed by atoms with Gasteiger partial charge >= 0.3 is 0 Å². The standard InChI is InChI=1S/C12H18O2/c1-5-9(2)11-7-6-10(13-3)8-12(11)14-4/h6-9H,5H2,1-4H3. The van der Waals surface area contributed by atoms with Crippen molar-refractivity contribution in [2.45, 2.75) is 26.2 Å². The molecule has 0 heterocycles. The van der Waals surface area contributed by atoms with Crippen LogP contribution in [0.2, 0.25) is 0 Å². The van der Waals surface area contributed by atoms with Gasteiger partial charge in [0.05, 0.1) is 14.2 Å². The SMILES string of the molecule is CCC(C)c1ccc(OC)cc1OC. The van der Waals surface area contributed by atoms with Crippen LogP contribution in [0.3, 0.4) is 0 Å². The van der Waals surface area contributed by atoms with Crippen molar-refractivity contribution in [3.63, 3.8) is 0 Å². The third kappa shape index (κ3) is 2.19. The molecular formula is C12H18O2. The van der Waals surface area contributed by atoms with Gasteiger partial charge in [-0.2, -0.15) is 0 Å². The van der Waals surface area contributed by atoms with Crippen LogP contribution in [0.25, 0.3) is 0 Å². The minimum Gasteiger partial charge on any atom is -0.497 e. The molecule has 0 bridgehead atoms. The smallest absolute Gasteiger partial charge is 0.126 e. The van der Waals surface area contributed by atoms with E-state index in [1.807, 2.05) is 12.1 Å². The molecule has 0 aliphatic carbocycles. The number of methoxy groups -OCH3 is 2. The highest BCUT2D eigenvalue weighted by Crippen LogP contribution is 2.31. The minimum absolute atomic E-state index is 0.524. The van der Waals surface area contributed by atoms with Gasteiger partial charge in [-0.15, -0.1) is 0 Å². The number of benzene rings is 1. The topological polar surface area (TPSA) is 18.5 Å². The van der Waals surface area contributed by atoms with E-state index >= 15 is 0 Å². The van der Waals surface area contributed by atoms with Gasteiger partial charge in [0.15, 0.2) is 0 Å². The lowest BCUT2D eigenvalue weighted by molar-refractivity contribution is 0.388. The Kier molecular flexibility index (Phi) is 3.81. The van der Waals surface area contributed by atoms with Crippen molar-refractivity contribution in [3.8, 4) is 11.5 Å². The minimum atomic E-state index is 0.524. The Morgan fingerprint density at radius 3 is 2.43 bits per heavy atom. The molecule has 0 saturated carbocycles. The summed E-state index contributed by atoms with van der Waals surface area (Å²) in [4.78, 5) is 0. The summed E-state index contributed by atoms with van der Waals surface area (Å²) in [6.07, 6.45) is 1.11. The molecule has 1 aromatic rings. The highest BCUT2D eigenvalue weighted by atomic mass is 16.5. The summed E-state index contributed by atoms with van der Waals surface area (Å²) in [7, 11) is 3.36. The molecule has 1 rings (SSSR count). The molecule has 0 spiro atoms. The second-order valence-corrected chi connectivity index (χ2v) is 3.42. The fraction of sp³-hybridized carbons (Fsp3) is 0.500. The summed E-state index contributed by atoms with van der Waals surface area (Å²) in [5, 5.41) is 0. The summed E-state index contributed by atoms with van der Waals surface area (Å²) in [5.74, 6) is 2.28. The molecule has 1 aromatic carbocycles. The Labute approximate surface area is 85.8 Å². The van der Waals surface area contributed by atoms with E-state index in [9.17, 15) is 0 Å². The van der Waals surface area contributed by atoms with Gasteiger partial charge in [-0.05, 0) is 24.0 Å². The maximum absolute atomic E-state index is 5.33. The van der Waals surface area contributed by atoms with Gasteiger partial charge < -0.3 is 9.47 Å². The van der Waals surface area contributed by atoms with Gasteiger partial charge in [-0.1, -0.05) is 19.9 Å². The number of hydrogen-bond acceptors (Lipinski definition) is 2. The Hall–Kier alpha value is -1.18. The summed E-state index contributed by atoms with van der Waals surface area (Å²) in [6, 6.07) is 5.98. The lowest BCUT2D eigenvalue weighted by Gasteiger charge is -2.14. The molecule has 0 amide bonds. The molecule has 0 saturated heterocycles. The second-order valence-electron chi connectivity index (χ2n) is 3.42. The maximum Gasteiger partial charge on any atom is 0.126 e. The predicted octanol–water partition coefficient (Wildman–Crippen LogP) is 3.22. The lowest BCUT2D eigenvalue weighted by Crippen LogP contribution is -1.97. The van der Waals surface area contributed by atoms with Crippen LogP contribution in [-0.4, -0.2) is 14.2 Å². The van der Waals surface area contributed by atoms with Crippen LogP contribution in [0.1, 0.15) is 31.7 Å². The van der Waals surface area contributed by atoms with Crippen molar-refractivity contribution in [1.29, 1.82) is 0 Å². The Morgan fingerprint density at radius 1 is 1.21 bits per heavy atom. The highest BCUT2D eigenvalue weighted by molar-refractivity contribution is 5.42. The average Bonchev–Trinajstić information content (AvgIpc) is 2.27. The molecule has 0 aromatic heterocycles. The third-order valence-corrected chi connectivity index (χ3v) is 2.58. The van der Waals surface area contributed by atoms with Crippen LogP contribution in [0, 0.1) is 0 Å². The predicted molar refractivity (Wildman–Crippen MR) is 58.3 cm³/mol. The average molecular weight is 194 g/mol. The van der Waals surface area contributed by atoms with E-state index in [1.54, 1.807) is 14.2 Å². The van der Waals surface area contributed by atoms with Gasteiger partial charge in [0.2, 0.25) is 0 Å². The molecule has 78 valence electrons. The van der Waals surface area contributed by atoms with Crippen molar-refractivity contribution in [2.75, 3.05) is 14.2 Å². The van der Waals surface area contributed by atoms with Crippen molar-refractivity contribution in [2.24, 2.45) is 0 Å². The van der Waals surface area contributed by atoms with E-state index in [2.05, 4.69) is 19.9 Å². The van der Waals surface area contributed by atoms with Gasteiger partial charge in [-0.25, -0.2) is 0 Å². The number of rotatable bonds is 4. The molecule has 2 heteroatoms. The van der Waals surface area contributed by atoms with Crippen LogP contribution in [-0.2, 0) is 0 Å². The normalized spacial score (nSPS) is 12.3. The molecule has 0 fully saturated rings. The summed E-state index contributed by atoms with van der Waals surface area (Å²) in [5.41, 5.74) is 1.25. The van der Waals surface area contributed by atoms with Crippen molar-refractivity contribution >= 4 is 0 Å². The van der Waals surface area contributed by atoms with E-state index in [0.29, 0.717) is 5.92 Å². The summed E-state index contributed by atoms with van der Waals surface area (Å²) < 4.78 is 10.5. The van der Waals surface area contributed by atoms with Crippen LogP contribution in [0.4, 0.5) is 0 Å². The fourth-order valence-corrected chi connectivity index (χ4v) is 1.45. The Morgan fingerprint density at radius 2 is 1.93 bits per heavy atom. The van der Waals surface area contributed by atoms with Gasteiger partial charge in [0.25, 0.3) is 0 Å². The maximum atomic E-state index is 5.33. The van der Waals surface area contributed by atoms with Gasteiger partial charge in [0.1, 0.15) is 11.5 Å². The molecule has 0 N–H and O–H groups in total. The molecule has 1 atom stereocenters. The number of hydrogen-bond donors (Lipinski definition) is 0. The summed E-state index contributed by atoms with van der Waals surface area (Å²) in [6.45, 7) is 4.37. The summed E-state index contributed by atoms with van der Waals surface area (Å²) >= 11 is 0. The molecule has 0 radical (unpaired) electrons. The van der Waals surface area contributed by atoms with Crippen LogP contribution < -0.4 is 9.47 Å². The third-order valence-electron chi connectivity index (χ3n) is 2.58. The molecule has 0 aliphatic heterocycles. The van der Waals surface area contributed by atoms with E-state index in [1.165, 1.54) is 5.56 Å². The molecule has 2 nitrogen and oxygen atoms in total. The van der Waals surface area contributed by atoms with Gasteiger partial charge in [-0.3, -0.25) is 0 Å². The van der Waals surface area contributed by atoms with E-state index in [4.69, 9.17) is 9.47 Å². The Bertz CT molecular complexity index is 294. The van der Waals surface area contributed by atoms with Crippen molar-refractivity contribution in [3.05, 3.63) is 23.8 Å². The highest BCUT2D eigenvalue weighted by Gasteiger charge is 2.10. The monoisotopic (exact) mass is 194 g/mol. The van der Waals surface area contributed by atoms with Crippen molar-refractivity contribution < 1.29 is 9.47 Å². The van der Waals surface area contributed by atoms with Gasteiger partial charge in [0, 0.05) is 6.07 Å². The lowest BCUT2D eigenvalue weighted by atomic mass is 9.97. The zero-order valence-electron chi connectivity index (χ0n) is 9.33. The van der Waals surface area contributed by atoms with Crippen LogP contribution in [0.15, 0.2) is 18.2 Å². The van der Waals surface area contributed by atoms with E-state index < -0.39 is 0 Å². The Balaban J connectivity index is 3.04. The number of ether oxygens (including phenoxy) is 2. The first-order valence-electron chi connectivity index (χ1n) is 4.94.